The quantitative estimate of drug-likeness (QED) is 0.719. The number of aromatic nitrogens is 2. The summed E-state index contributed by atoms with van der Waals surface area (Å²) in [5, 5.41) is 3.62. The van der Waals surface area contributed by atoms with Gasteiger partial charge in [-0.25, -0.2) is 0 Å². The standard InChI is InChI=1S/C18H28Cl2N6O/c1-12(27)22-14-4-2-13(3-5-14)6-7-25-8-10-26(11-9-25)17-15(19)16(20)23-18(21)24-17/h13-14H,2-11H2,1H3,(H,22,27)(H2,21,23,24)/t13-,14-. The molecule has 0 aromatic carbocycles. The number of nitrogens with two attached hydrogens (primary N) is 1. The molecule has 150 valence electrons. The first kappa shape index (κ1) is 20.4. The lowest BCUT2D eigenvalue weighted by atomic mass is 9.84. The largest absolute Gasteiger partial charge is 0.368 e. The van der Waals surface area contributed by atoms with Crippen molar-refractivity contribution in [2.24, 2.45) is 5.92 Å². The normalized spacial score (nSPS) is 24.0. The van der Waals surface area contributed by atoms with Crippen molar-refractivity contribution in [1.82, 2.24) is 20.2 Å². The van der Waals surface area contributed by atoms with Crippen molar-refractivity contribution in [3.8, 4) is 0 Å². The topological polar surface area (TPSA) is 87.4 Å². The van der Waals surface area contributed by atoms with Gasteiger partial charge < -0.3 is 16.0 Å². The summed E-state index contributed by atoms with van der Waals surface area (Å²) in [5.74, 6) is 1.63. The third-order valence-corrected chi connectivity index (χ3v) is 6.31. The van der Waals surface area contributed by atoms with Crippen molar-refractivity contribution in [1.29, 1.82) is 0 Å². The zero-order valence-corrected chi connectivity index (χ0v) is 17.3. The highest BCUT2D eigenvalue weighted by atomic mass is 35.5. The van der Waals surface area contributed by atoms with E-state index in [-0.39, 0.29) is 17.0 Å². The molecule has 0 bridgehead atoms. The molecule has 7 nitrogen and oxygen atoms in total. The van der Waals surface area contributed by atoms with Crippen molar-refractivity contribution >= 4 is 40.9 Å². The summed E-state index contributed by atoms with van der Waals surface area (Å²) in [5.41, 5.74) is 5.70. The summed E-state index contributed by atoms with van der Waals surface area (Å²) in [6.45, 7) is 6.36. The molecule has 3 N–H and O–H groups in total. The predicted molar refractivity (Wildman–Crippen MR) is 109 cm³/mol. The van der Waals surface area contributed by atoms with Crippen molar-refractivity contribution < 1.29 is 4.79 Å². The molecule has 1 aliphatic heterocycles. The number of nitrogens with one attached hydrogen (secondary N) is 1. The van der Waals surface area contributed by atoms with Crippen LogP contribution in [0.1, 0.15) is 39.0 Å². The molecule has 2 heterocycles. The molecule has 0 unspecified atom stereocenters. The Labute approximate surface area is 170 Å². The molecule has 2 fully saturated rings. The minimum absolute atomic E-state index is 0.0863. The minimum Gasteiger partial charge on any atom is -0.368 e. The zero-order valence-electron chi connectivity index (χ0n) is 15.8. The van der Waals surface area contributed by atoms with E-state index in [1.165, 1.54) is 19.3 Å². The second kappa shape index (κ2) is 9.26. The van der Waals surface area contributed by atoms with Gasteiger partial charge in [-0.05, 0) is 44.6 Å². The van der Waals surface area contributed by atoms with E-state index in [0.717, 1.165) is 51.5 Å². The molecule has 1 saturated carbocycles. The van der Waals surface area contributed by atoms with Crippen LogP contribution in [0.4, 0.5) is 11.8 Å². The Hall–Kier alpha value is -1.31. The average molecular weight is 415 g/mol. The lowest BCUT2D eigenvalue weighted by molar-refractivity contribution is -0.119. The first-order chi connectivity index (χ1) is 12.9. The van der Waals surface area contributed by atoms with Gasteiger partial charge in [0.2, 0.25) is 11.9 Å². The lowest BCUT2D eigenvalue weighted by Crippen LogP contribution is -2.47. The average Bonchev–Trinajstić information content (AvgIpc) is 2.64. The van der Waals surface area contributed by atoms with Gasteiger partial charge in [0.05, 0.1) is 0 Å². The van der Waals surface area contributed by atoms with Crippen molar-refractivity contribution in [3.05, 3.63) is 10.2 Å². The molecule has 1 aromatic rings. The fourth-order valence-corrected chi connectivity index (χ4v) is 4.44. The van der Waals surface area contributed by atoms with Crippen molar-refractivity contribution in [2.45, 2.75) is 45.1 Å². The molecule has 9 heteroatoms. The van der Waals surface area contributed by atoms with E-state index in [1.807, 2.05) is 0 Å². The van der Waals surface area contributed by atoms with Gasteiger partial charge >= 0.3 is 0 Å². The summed E-state index contributed by atoms with van der Waals surface area (Å²) in [6.07, 6.45) is 5.84. The Morgan fingerprint density at radius 2 is 1.81 bits per heavy atom. The van der Waals surface area contributed by atoms with Crippen LogP contribution in [-0.2, 0) is 4.79 Å². The third-order valence-electron chi connectivity index (χ3n) is 5.59. The molecule has 0 radical (unpaired) electrons. The van der Waals surface area contributed by atoms with E-state index in [2.05, 4.69) is 25.1 Å². The number of rotatable bonds is 5. The number of nitrogen functional groups attached to an aromatic ring is 1. The van der Waals surface area contributed by atoms with E-state index in [9.17, 15) is 4.79 Å². The summed E-state index contributed by atoms with van der Waals surface area (Å²) in [7, 11) is 0. The molecule has 0 atom stereocenters. The molecule has 27 heavy (non-hydrogen) atoms. The molecule has 1 amide bonds. The van der Waals surface area contributed by atoms with Crippen LogP contribution < -0.4 is 16.0 Å². The van der Waals surface area contributed by atoms with E-state index < -0.39 is 0 Å². The third kappa shape index (κ3) is 5.59. The Morgan fingerprint density at radius 1 is 1.15 bits per heavy atom. The predicted octanol–water partition coefficient (Wildman–Crippen LogP) is 2.57. The SMILES string of the molecule is CC(=O)N[C@H]1CC[C@H](CCN2CCN(c3nc(N)nc(Cl)c3Cl)CC2)CC1. The number of nitrogens with zero attached hydrogens (tertiary/aromatic N) is 4. The smallest absolute Gasteiger partial charge is 0.223 e. The van der Waals surface area contributed by atoms with Gasteiger partial charge in [0.1, 0.15) is 5.02 Å². The summed E-state index contributed by atoms with van der Waals surface area (Å²) < 4.78 is 0. The Morgan fingerprint density at radius 3 is 2.44 bits per heavy atom. The number of piperazine rings is 1. The number of carbonyl (C=O) groups excluding carboxylic acids is 1. The van der Waals surface area contributed by atoms with Crippen LogP contribution in [0.3, 0.4) is 0 Å². The fraction of sp³-hybridized carbons (Fsp3) is 0.722. The van der Waals surface area contributed by atoms with Gasteiger partial charge in [0, 0.05) is 39.1 Å². The zero-order chi connectivity index (χ0) is 19.4. The maximum Gasteiger partial charge on any atom is 0.223 e. The Balaban J connectivity index is 1.41. The van der Waals surface area contributed by atoms with Crippen LogP contribution in [0.5, 0.6) is 0 Å². The monoisotopic (exact) mass is 414 g/mol. The van der Waals surface area contributed by atoms with Crippen molar-refractivity contribution in [3.63, 3.8) is 0 Å². The number of amides is 1. The molecular formula is C18H28Cl2N6O. The molecule has 1 aromatic heterocycles. The van der Waals surface area contributed by atoms with Gasteiger partial charge in [0.15, 0.2) is 11.0 Å². The summed E-state index contributed by atoms with van der Waals surface area (Å²) in [4.78, 5) is 23.9. The Bertz CT molecular complexity index is 657. The van der Waals surface area contributed by atoms with Crippen LogP contribution in [0, 0.1) is 5.92 Å². The highest BCUT2D eigenvalue weighted by molar-refractivity contribution is 6.42. The maximum atomic E-state index is 11.2. The van der Waals surface area contributed by atoms with Crippen LogP contribution in [-0.4, -0.2) is 59.5 Å². The number of hydrogen-bond donors (Lipinski definition) is 2. The van der Waals surface area contributed by atoms with Crippen LogP contribution in [0.15, 0.2) is 0 Å². The van der Waals surface area contributed by atoms with E-state index in [1.54, 1.807) is 6.92 Å². The van der Waals surface area contributed by atoms with E-state index >= 15 is 0 Å². The summed E-state index contributed by atoms with van der Waals surface area (Å²) >= 11 is 12.3. The van der Waals surface area contributed by atoms with E-state index in [0.29, 0.717) is 16.9 Å². The van der Waals surface area contributed by atoms with Gasteiger partial charge in [0.25, 0.3) is 0 Å². The van der Waals surface area contributed by atoms with Crippen molar-refractivity contribution in [2.75, 3.05) is 43.4 Å². The van der Waals surface area contributed by atoms with Gasteiger partial charge in [-0.1, -0.05) is 23.2 Å². The van der Waals surface area contributed by atoms with E-state index in [4.69, 9.17) is 28.9 Å². The number of halogens is 2. The first-order valence-electron chi connectivity index (χ1n) is 9.65. The van der Waals surface area contributed by atoms with Gasteiger partial charge in [-0.3, -0.25) is 9.69 Å². The molecule has 1 aliphatic carbocycles. The minimum atomic E-state index is 0.0863. The highest BCUT2D eigenvalue weighted by Gasteiger charge is 2.25. The molecule has 0 spiro atoms. The number of hydrogen-bond acceptors (Lipinski definition) is 6. The molecule has 3 rings (SSSR count). The molecule has 2 aliphatic rings. The second-order valence-electron chi connectivity index (χ2n) is 7.55. The van der Waals surface area contributed by atoms with Gasteiger partial charge in [-0.15, -0.1) is 0 Å². The number of anilines is 2. The molecule has 1 saturated heterocycles. The fourth-order valence-electron chi connectivity index (χ4n) is 4.07. The van der Waals surface area contributed by atoms with Crippen LogP contribution >= 0.6 is 23.2 Å². The Kier molecular flexibility index (Phi) is 7.00. The summed E-state index contributed by atoms with van der Waals surface area (Å²) in [6, 6.07) is 0.374. The lowest BCUT2D eigenvalue weighted by Gasteiger charge is -2.37. The highest BCUT2D eigenvalue weighted by Crippen LogP contribution is 2.31. The first-order valence-corrected chi connectivity index (χ1v) is 10.4. The maximum absolute atomic E-state index is 11.2. The number of carbonyl (C=O) groups is 1. The van der Waals surface area contributed by atoms with Crippen LogP contribution in [0.2, 0.25) is 10.2 Å². The second-order valence-corrected chi connectivity index (χ2v) is 8.28. The van der Waals surface area contributed by atoms with Crippen LogP contribution in [0.25, 0.3) is 0 Å². The molecular weight excluding hydrogens is 387 g/mol. The van der Waals surface area contributed by atoms with Gasteiger partial charge in [-0.2, -0.15) is 9.97 Å².